The van der Waals surface area contributed by atoms with E-state index >= 15 is 0 Å². The highest BCUT2D eigenvalue weighted by atomic mass is 35.5. The van der Waals surface area contributed by atoms with E-state index in [4.69, 9.17) is 32.7 Å². The van der Waals surface area contributed by atoms with Crippen LogP contribution in [0.5, 0.6) is 11.5 Å². The van der Waals surface area contributed by atoms with Gasteiger partial charge in [0.05, 0.1) is 24.3 Å². The van der Waals surface area contributed by atoms with E-state index in [1.807, 2.05) is 60.7 Å². The van der Waals surface area contributed by atoms with Gasteiger partial charge in [-0.1, -0.05) is 83.9 Å². The van der Waals surface area contributed by atoms with Crippen LogP contribution in [-0.4, -0.2) is 25.0 Å². The van der Waals surface area contributed by atoms with Crippen molar-refractivity contribution in [1.82, 2.24) is 4.90 Å². The van der Waals surface area contributed by atoms with Crippen molar-refractivity contribution in [2.24, 2.45) is 0 Å². The van der Waals surface area contributed by atoms with E-state index in [2.05, 4.69) is 0 Å². The van der Waals surface area contributed by atoms with Crippen LogP contribution in [0.15, 0.2) is 66.7 Å². The maximum Gasteiger partial charge on any atom is 0.262 e. The van der Waals surface area contributed by atoms with E-state index in [1.54, 1.807) is 4.90 Å². The Balaban J connectivity index is 2.07. The molecule has 0 aliphatic rings. The van der Waals surface area contributed by atoms with Crippen molar-refractivity contribution in [3.63, 3.8) is 0 Å². The van der Waals surface area contributed by atoms with Gasteiger partial charge in [0.2, 0.25) is 0 Å². The summed E-state index contributed by atoms with van der Waals surface area (Å²) in [4.78, 5) is 15.4. The molecule has 0 aliphatic carbocycles. The molecular weight excluding hydrogens is 409 g/mol. The van der Waals surface area contributed by atoms with E-state index in [9.17, 15) is 4.79 Å². The Morgan fingerprint density at radius 1 is 0.793 bits per heavy atom. The van der Waals surface area contributed by atoms with Crippen LogP contribution in [-0.2, 0) is 13.1 Å². The third-order valence-corrected chi connectivity index (χ3v) is 5.04. The molecule has 0 aliphatic heterocycles. The molecule has 0 aromatic heterocycles. The lowest BCUT2D eigenvalue weighted by Gasteiger charge is -2.25. The van der Waals surface area contributed by atoms with E-state index in [0.29, 0.717) is 13.1 Å². The Morgan fingerprint density at radius 2 is 1.21 bits per heavy atom. The Labute approximate surface area is 180 Å². The highest BCUT2D eigenvalue weighted by molar-refractivity contribution is 6.37. The van der Waals surface area contributed by atoms with Crippen LogP contribution in [0.4, 0.5) is 0 Å². The smallest absolute Gasteiger partial charge is 0.262 e. The van der Waals surface area contributed by atoms with Gasteiger partial charge in [0, 0.05) is 13.1 Å². The number of rotatable bonds is 7. The highest BCUT2D eigenvalue weighted by Crippen LogP contribution is 2.42. The van der Waals surface area contributed by atoms with Gasteiger partial charge in [0.25, 0.3) is 5.91 Å². The van der Waals surface area contributed by atoms with Crippen LogP contribution in [0, 0.1) is 0 Å². The molecule has 1 amide bonds. The Kier molecular flexibility index (Phi) is 7.02. The van der Waals surface area contributed by atoms with Crippen molar-refractivity contribution in [3.8, 4) is 11.5 Å². The van der Waals surface area contributed by atoms with Gasteiger partial charge in [0.1, 0.15) is 5.56 Å². The predicted molar refractivity (Wildman–Crippen MR) is 116 cm³/mol. The van der Waals surface area contributed by atoms with Gasteiger partial charge in [-0.2, -0.15) is 0 Å². The Hall–Kier alpha value is -2.69. The van der Waals surface area contributed by atoms with Crippen molar-refractivity contribution in [2.75, 3.05) is 14.2 Å². The van der Waals surface area contributed by atoms with E-state index in [-0.39, 0.29) is 33.0 Å². The zero-order valence-electron chi connectivity index (χ0n) is 16.2. The zero-order chi connectivity index (χ0) is 20.8. The van der Waals surface area contributed by atoms with E-state index in [1.165, 1.54) is 20.3 Å². The Morgan fingerprint density at radius 3 is 1.59 bits per heavy atom. The number of carbonyl (C=O) groups excluding carboxylic acids is 1. The van der Waals surface area contributed by atoms with E-state index in [0.717, 1.165) is 11.1 Å². The monoisotopic (exact) mass is 429 g/mol. The van der Waals surface area contributed by atoms with Crippen LogP contribution in [0.2, 0.25) is 10.0 Å². The normalized spacial score (nSPS) is 10.5. The summed E-state index contributed by atoms with van der Waals surface area (Å²) in [5, 5.41) is 0.502. The number of amides is 1. The first kappa shape index (κ1) is 21.0. The zero-order valence-corrected chi connectivity index (χ0v) is 17.7. The first-order valence-corrected chi connectivity index (χ1v) is 9.77. The summed E-state index contributed by atoms with van der Waals surface area (Å²) in [5.41, 5.74) is 2.21. The first-order valence-electron chi connectivity index (χ1n) is 9.02. The number of carbonyl (C=O) groups is 1. The highest BCUT2D eigenvalue weighted by Gasteiger charge is 2.28. The molecule has 0 saturated heterocycles. The molecule has 4 nitrogen and oxygen atoms in total. The molecule has 3 aromatic carbocycles. The number of halogens is 2. The second-order valence-corrected chi connectivity index (χ2v) is 7.23. The van der Waals surface area contributed by atoms with Gasteiger partial charge < -0.3 is 14.4 Å². The fourth-order valence-corrected chi connectivity index (χ4v) is 3.76. The first-order chi connectivity index (χ1) is 14.0. The lowest BCUT2D eigenvalue weighted by Crippen LogP contribution is -2.31. The molecular formula is C23H21Cl2NO3. The maximum absolute atomic E-state index is 13.7. The molecule has 0 bridgehead atoms. The maximum atomic E-state index is 13.7. The summed E-state index contributed by atoms with van der Waals surface area (Å²) in [6.07, 6.45) is 0. The number of methoxy groups -OCH3 is 2. The van der Waals surface area contributed by atoms with Crippen LogP contribution >= 0.6 is 23.2 Å². The quantitative estimate of drug-likeness (QED) is 0.472. The van der Waals surface area contributed by atoms with Gasteiger partial charge in [-0.05, 0) is 17.2 Å². The fraction of sp³-hybridized carbons (Fsp3) is 0.174. The van der Waals surface area contributed by atoms with E-state index < -0.39 is 0 Å². The van der Waals surface area contributed by atoms with Crippen molar-refractivity contribution >= 4 is 29.1 Å². The largest absolute Gasteiger partial charge is 0.494 e. The van der Waals surface area contributed by atoms with Gasteiger partial charge in [0.15, 0.2) is 11.5 Å². The average Bonchev–Trinajstić information content (AvgIpc) is 2.74. The number of hydrogen-bond donors (Lipinski definition) is 0. The minimum atomic E-state index is -0.282. The van der Waals surface area contributed by atoms with Gasteiger partial charge >= 0.3 is 0 Å². The lowest BCUT2D eigenvalue weighted by molar-refractivity contribution is 0.0723. The lowest BCUT2D eigenvalue weighted by atomic mass is 10.1. The molecule has 3 rings (SSSR count). The topological polar surface area (TPSA) is 38.8 Å². The minimum absolute atomic E-state index is 0.208. The third-order valence-electron chi connectivity index (χ3n) is 4.48. The third kappa shape index (κ3) is 4.84. The molecule has 0 atom stereocenters. The number of ether oxygens (including phenoxy) is 2. The van der Waals surface area contributed by atoms with Gasteiger partial charge in [-0.25, -0.2) is 0 Å². The summed E-state index contributed by atoms with van der Waals surface area (Å²) in [7, 11) is 2.92. The molecule has 150 valence electrons. The number of benzene rings is 3. The van der Waals surface area contributed by atoms with Crippen LogP contribution in [0.25, 0.3) is 0 Å². The molecule has 6 heteroatoms. The predicted octanol–water partition coefficient (Wildman–Crippen LogP) is 5.85. The summed E-state index contributed by atoms with van der Waals surface area (Å²) in [5.74, 6) is 0.198. The molecule has 0 fully saturated rings. The van der Waals surface area contributed by atoms with Crippen LogP contribution < -0.4 is 9.47 Å². The second kappa shape index (κ2) is 9.68. The molecule has 29 heavy (non-hydrogen) atoms. The summed E-state index contributed by atoms with van der Waals surface area (Å²) in [6.45, 7) is 0.815. The van der Waals surface area contributed by atoms with Crippen molar-refractivity contribution in [3.05, 3.63) is 93.5 Å². The fourth-order valence-electron chi connectivity index (χ4n) is 3.14. The number of nitrogens with zero attached hydrogens (tertiary/aromatic N) is 1. The Bertz CT molecular complexity index is 909. The summed E-state index contributed by atoms with van der Waals surface area (Å²) < 4.78 is 10.9. The molecule has 0 radical (unpaired) electrons. The molecule has 0 heterocycles. The van der Waals surface area contributed by atoms with Crippen molar-refractivity contribution in [2.45, 2.75) is 13.1 Å². The van der Waals surface area contributed by atoms with Crippen LogP contribution in [0.1, 0.15) is 21.5 Å². The summed E-state index contributed by atoms with van der Waals surface area (Å²) >= 11 is 12.6. The number of hydrogen-bond acceptors (Lipinski definition) is 3. The van der Waals surface area contributed by atoms with Gasteiger partial charge in [-0.3, -0.25) is 4.79 Å². The molecule has 0 spiro atoms. The molecule has 0 unspecified atom stereocenters. The van der Waals surface area contributed by atoms with Crippen molar-refractivity contribution in [1.29, 1.82) is 0 Å². The molecule has 3 aromatic rings. The van der Waals surface area contributed by atoms with Gasteiger partial charge in [-0.15, -0.1) is 0 Å². The average molecular weight is 430 g/mol. The molecule has 0 saturated carbocycles. The SMILES string of the molecule is COc1c(Cl)cc(Cl)c(OC)c1C(=O)N(Cc1ccccc1)Cc1ccccc1. The van der Waals surface area contributed by atoms with Crippen LogP contribution in [0.3, 0.4) is 0 Å². The standard InChI is InChI=1S/C23H21Cl2NO3/c1-28-21-18(24)13-19(25)22(29-2)20(21)23(27)26(14-16-9-5-3-6-10-16)15-17-11-7-4-8-12-17/h3-13H,14-15H2,1-2H3. The summed E-state index contributed by atoms with van der Waals surface area (Å²) in [6, 6.07) is 21.1. The second-order valence-electron chi connectivity index (χ2n) is 6.41. The minimum Gasteiger partial charge on any atom is -0.494 e. The van der Waals surface area contributed by atoms with Crippen molar-refractivity contribution < 1.29 is 14.3 Å². The molecule has 0 N–H and O–H groups in total.